The van der Waals surface area contributed by atoms with Gasteiger partial charge in [-0.2, -0.15) is 0 Å². The Morgan fingerprint density at radius 2 is 1.86 bits per heavy atom. The third-order valence-corrected chi connectivity index (χ3v) is 6.00. The average Bonchev–Trinajstić information content (AvgIpc) is 2.38. The molecule has 0 saturated carbocycles. The lowest BCUT2D eigenvalue weighted by molar-refractivity contribution is -0.912. The Kier molecular flexibility index (Phi) is 5.54. The summed E-state index contributed by atoms with van der Waals surface area (Å²) in [6.45, 7) is 6.21. The van der Waals surface area contributed by atoms with Gasteiger partial charge in [0.05, 0.1) is 16.5 Å². The van der Waals surface area contributed by atoms with Crippen molar-refractivity contribution >= 4 is 33.0 Å². The summed E-state index contributed by atoms with van der Waals surface area (Å²) in [4.78, 5) is 1.35. The van der Waals surface area contributed by atoms with Gasteiger partial charge in [-0.1, -0.05) is 23.2 Å². The fraction of sp³-hybridized carbons (Fsp3) is 0.571. The molecule has 0 aliphatic carbocycles. The van der Waals surface area contributed by atoms with Gasteiger partial charge in [0.2, 0.25) is 0 Å². The van der Waals surface area contributed by atoms with Crippen molar-refractivity contribution < 1.29 is 18.1 Å². The molecule has 7 heteroatoms. The summed E-state index contributed by atoms with van der Waals surface area (Å²) in [5.74, 6) is 0.0574. The monoisotopic (exact) mass is 352 g/mol. The number of hydrogen-bond donors (Lipinski definition) is 1. The largest absolute Gasteiger partial charge is 0.364 e. The fourth-order valence-electron chi connectivity index (χ4n) is 2.70. The molecule has 0 bridgehead atoms. The third kappa shape index (κ3) is 4.57. The molecule has 0 unspecified atom stereocenters. The molecule has 118 valence electrons. The van der Waals surface area contributed by atoms with Gasteiger partial charge in [0.15, 0.2) is 9.84 Å². The van der Waals surface area contributed by atoms with E-state index in [0.29, 0.717) is 11.6 Å². The van der Waals surface area contributed by atoms with Crippen LogP contribution < -0.4 is 4.90 Å². The third-order valence-electron chi connectivity index (χ3n) is 3.57. The zero-order chi connectivity index (χ0) is 15.6. The molecule has 0 aromatic heterocycles. The molecule has 1 saturated heterocycles. The molecule has 1 aromatic carbocycles. The molecule has 4 nitrogen and oxygen atoms in total. The standard InChI is InChI=1S/C14H19Cl2NO3S/c1-10-8-17(9-11(2)20-10)5-6-21(18,19)14-7-12(15)3-4-13(14)16/h3-4,7,10-11H,5-6,8-9H2,1-2H3/p+1/t10-,11-/m0/s1. The van der Waals surface area contributed by atoms with Crippen LogP contribution in [0.15, 0.2) is 23.1 Å². The minimum atomic E-state index is -3.43. The van der Waals surface area contributed by atoms with E-state index in [1.54, 1.807) is 6.07 Å². The average molecular weight is 353 g/mol. The first-order valence-electron chi connectivity index (χ1n) is 6.95. The summed E-state index contributed by atoms with van der Waals surface area (Å²) < 4.78 is 30.5. The van der Waals surface area contributed by atoms with Crippen molar-refractivity contribution in [3.05, 3.63) is 28.2 Å². The van der Waals surface area contributed by atoms with Gasteiger partial charge in [0, 0.05) is 5.02 Å². The lowest BCUT2D eigenvalue weighted by Crippen LogP contribution is -3.16. The maximum absolute atomic E-state index is 12.4. The Hall–Kier alpha value is -0.330. The van der Waals surface area contributed by atoms with E-state index < -0.39 is 9.84 Å². The number of morpholine rings is 1. The predicted octanol–water partition coefficient (Wildman–Crippen LogP) is 1.46. The van der Waals surface area contributed by atoms with Crippen LogP contribution in [0.4, 0.5) is 0 Å². The van der Waals surface area contributed by atoms with Gasteiger partial charge in [-0.05, 0) is 32.0 Å². The number of benzene rings is 1. The molecule has 1 heterocycles. The van der Waals surface area contributed by atoms with Gasteiger partial charge < -0.3 is 9.64 Å². The molecule has 21 heavy (non-hydrogen) atoms. The summed E-state index contributed by atoms with van der Waals surface area (Å²) in [6, 6.07) is 4.52. The van der Waals surface area contributed by atoms with Gasteiger partial charge in [-0.15, -0.1) is 0 Å². The Morgan fingerprint density at radius 3 is 2.48 bits per heavy atom. The maximum atomic E-state index is 12.4. The highest BCUT2D eigenvalue weighted by Gasteiger charge is 2.28. The smallest absolute Gasteiger partial charge is 0.185 e. The Morgan fingerprint density at radius 1 is 1.24 bits per heavy atom. The first-order valence-corrected chi connectivity index (χ1v) is 9.35. The summed E-state index contributed by atoms with van der Waals surface area (Å²) in [6.07, 6.45) is 0.308. The number of quaternary nitrogens is 1. The van der Waals surface area contributed by atoms with Crippen molar-refractivity contribution in [1.29, 1.82) is 0 Å². The molecule has 0 radical (unpaired) electrons. The molecule has 1 aliphatic rings. The van der Waals surface area contributed by atoms with Crippen LogP contribution in [-0.2, 0) is 14.6 Å². The van der Waals surface area contributed by atoms with Crippen LogP contribution in [0.5, 0.6) is 0 Å². The highest BCUT2D eigenvalue weighted by molar-refractivity contribution is 7.91. The van der Waals surface area contributed by atoms with Crippen LogP contribution >= 0.6 is 23.2 Å². The molecule has 1 N–H and O–H groups in total. The van der Waals surface area contributed by atoms with Gasteiger partial charge >= 0.3 is 0 Å². The minimum Gasteiger partial charge on any atom is -0.364 e. The first-order chi connectivity index (χ1) is 9.78. The topological polar surface area (TPSA) is 47.8 Å². The molecule has 1 aromatic rings. The molecule has 1 aliphatic heterocycles. The van der Waals surface area contributed by atoms with E-state index in [1.807, 2.05) is 13.8 Å². The second-order valence-corrected chi connectivity index (χ2v) is 8.48. The van der Waals surface area contributed by atoms with Crippen molar-refractivity contribution in [2.45, 2.75) is 31.0 Å². The zero-order valence-corrected chi connectivity index (χ0v) is 14.4. The summed E-state index contributed by atoms with van der Waals surface area (Å²) >= 11 is 11.8. The molecule has 0 amide bonds. The Labute approximate surface area is 135 Å². The van der Waals surface area contributed by atoms with E-state index in [2.05, 4.69) is 0 Å². The molecule has 2 atom stereocenters. The maximum Gasteiger partial charge on any atom is 0.185 e. The van der Waals surface area contributed by atoms with Crippen molar-refractivity contribution in [1.82, 2.24) is 0 Å². The van der Waals surface area contributed by atoms with E-state index in [9.17, 15) is 8.42 Å². The quantitative estimate of drug-likeness (QED) is 0.892. The van der Waals surface area contributed by atoms with Crippen LogP contribution in [0.1, 0.15) is 13.8 Å². The van der Waals surface area contributed by atoms with Crippen LogP contribution in [0, 0.1) is 0 Å². The highest BCUT2D eigenvalue weighted by atomic mass is 35.5. The van der Waals surface area contributed by atoms with Crippen LogP contribution in [0.2, 0.25) is 10.0 Å². The Balaban J connectivity index is 2.06. The van der Waals surface area contributed by atoms with Gasteiger partial charge in [-0.3, -0.25) is 0 Å². The first kappa shape index (κ1) is 17.0. The van der Waals surface area contributed by atoms with Crippen LogP contribution in [-0.4, -0.2) is 46.0 Å². The number of nitrogens with one attached hydrogen (secondary N) is 1. The van der Waals surface area contributed by atoms with Crippen LogP contribution in [0.25, 0.3) is 0 Å². The molecule has 0 spiro atoms. The van der Waals surface area contributed by atoms with E-state index in [4.69, 9.17) is 27.9 Å². The van der Waals surface area contributed by atoms with Gasteiger partial charge in [-0.25, -0.2) is 8.42 Å². The van der Waals surface area contributed by atoms with Gasteiger partial charge in [0.1, 0.15) is 31.1 Å². The summed E-state index contributed by atoms with van der Waals surface area (Å²) in [5.41, 5.74) is 0. The Bertz CT molecular complexity index is 596. The van der Waals surface area contributed by atoms with Crippen molar-refractivity contribution in [2.75, 3.05) is 25.4 Å². The normalized spacial score (nSPS) is 26.8. The second-order valence-electron chi connectivity index (χ2n) is 5.56. The minimum absolute atomic E-state index is 0.0574. The second kappa shape index (κ2) is 6.84. The van der Waals surface area contributed by atoms with E-state index >= 15 is 0 Å². The number of rotatable bonds is 4. The summed E-state index contributed by atoms with van der Waals surface area (Å²) in [7, 11) is -3.43. The fourth-order valence-corrected chi connectivity index (χ4v) is 4.85. The summed E-state index contributed by atoms with van der Waals surface area (Å²) in [5, 5.41) is 0.594. The lowest BCUT2D eigenvalue weighted by Gasteiger charge is -2.32. The van der Waals surface area contributed by atoms with Crippen LogP contribution in [0.3, 0.4) is 0 Å². The number of hydrogen-bond acceptors (Lipinski definition) is 3. The van der Waals surface area contributed by atoms with Crippen molar-refractivity contribution in [3.8, 4) is 0 Å². The number of ether oxygens (including phenoxy) is 1. The SMILES string of the molecule is C[C@H]1C[NH+](CCS(=O)(=O)c2cc(Cl)ccc2Cl)C[C@H](C)O1. The molecule has 2 rings (SSSR count). The lowest BCUT2D eigenvalue weighted by atomic mass is 10.2. The van der Waals surface area contributed by atoms with Gasteiger partial charge in [0.25, 0.3) is 0 Å². The molecule has 1 fully saturated rings. The number of sulfone groups is 1. The van der Waals surface area contributed by atoms with Crippen molar-refractivity contribution in [3.63, 3.8) is 0 Å². The van der Waals surface area contributed by atoms with Crippen molar-refractivity contribution in [2.24, 2.45) is 0 Å². The highest BCUT2D eigenvalue weighted by Crippen LogP contribution is 2.25. The van der Waals surface area contributed by atoms with E-state index in [1.165, 1.54) is 17.0 Å². The number of halogens is 2. The molecular weight excluding hydrogens is 333 g/mol. The molecular formula is C14H20Cl2NO3S+. The zero-order valence-electron chi connectivity index (χ0n) is 12.1. The predicted molar refractivity (Wildman–Crippen MR) is 84.1 cm³/mol. The van der Waals surface area contributed by atoms with E-state index in [-0.39, 0.29) is 27.9 Å². The van der Waals surface area contributed by atoms with E-state index in [0.717, 1.165) is 13.1 Å².